The minimum absolute atomic E-state index is 0.0566. The van der Waals surface area contributed by atoms with E-state index in [0.717, 1.165) is 12.8 Å². The van der Waals surface area contributed by atoms with Gasteiger partial charge in [-0.3, -0.25) is 4.79 Å². The molecule has 3 rings (SSSR count). The first kappa shape index (κ1) is 8.71. The van der Waals surface area contributed by atoms with E-state index in [0.29, 0.717) is 12.2 Å². The Labute approximate surface area is 86.7 Å². The van der Waals surface area contributed by atoms with Gasteiger partial charge >= 0.3 is 0 Å². The van der Waals surface area contributed by atoms with Crippen molar-refractivity contribution in [2.45, 2.75) is 12.8 Å². The Morgan fingerprint density at radius 1 is 1.33 bits per heavy atom. The van der Waals surface area contributed by atoms with Gasteiger partial charge in [-0.1, -0.05) is 6.07 Å². The van der Waals surface area contributed by atoms with Gasteiger partial charge in [-0.15, -0.1) is 0 Å². The molecule has 4 heteroatoms. The zero-order chi connectivity index (χ0) is 10.5. The molecule has 0 aromatic heterocycles. The van der Waals surface area contributed by atoms with Crippen molar-refractivity contribution in [2.24, 2.45) is 5.41 Å². The van der Waals surface area contributed by atoms with Gasteiger partial charge in [0.25, 0.3) is 0 Å². The fraction of sp³-hybridized carbons (Fsp3) is 0.364. The van der Waals surface area contributed by atoms with Crippen LogP contribution in [0.4, 0.5) is 15.8 Å². The van der Waals surface area contributed by atoms with E-state index in [1.54, 1.807) is 12.1 Å². The third-order valence-corrected chi connectivity index (χ3v) is 3.20. The van der Waals surface area contributed by atoms with E-state index < -0.39 is 0 Å². The quantitative estimate of drug-likeness (QED) is 0.681. The van der Waals surface area contributed by atoms with Crippen LogP contribution in [-0.4, -0.2) is 12.5 Å². The number of hydrogen-bond acceptors (Lipinski definition) is 2. The average Bonchev–Trinajstić information content (AvgIpc) is 3.00. The molecule has 3 nitrogen and oxygen atoms in total. The lowest BCUT2D eigenvalue weighted by atomic mass is 10.1. The molecule has 78 valence electrons. The Balaban J connectivity index is 2.04. The van der Waals surface area contributed by atoms with Gasteiger partial charge in [0.15, 0.2) is 0 Å². The number of hydrogen-bond donors (Lipinski definition) is 2. The van der Waals surface area contributed by atoms with Crippen LogP contribution in [0.25, 0.3) is 0 Å². The van der Waals surface area contributed by atoms with Crippen molar-refractivity contribution < 1.29 is 9.18 Å². The first-order valence-electron chi connectivity index (χ1n) is 5.05. The van der Waals surface area contributed by atoms with E-state index in [2.05, 4.69) is 10.6 Å². The van der Waals surface area contributed by atoms with Crippen molar-refractivity contribution in [3.63, 3.8) is 0 Å². The van der Waals surface area contributed by atoms with E-state index in [-0.39, 0.29) is 22.8 Å². The molecule has 1 aromatic rings. The maximum atomic E-state index is 13.4. The highest BCUT2D eigenvalue weighted by Gasteiger charge is 2.51. The van der Waals surface area contributed by atoms with Crippen LogP contribution in [0.15, 0.2) is 18.2 Å². The molecule has 1 aromatic carbocycles. The Bertz CT molecular complexity index is 440. The van der Waals surface area contributed by atoms with E-state index in [4.69, 9.17) is 0 Å². The molecule has 1 aliphatic carbocycles. The van der Waals surface area contributed by atoms with Crippen LogP contribution in [0.1, 0.15) is 12.8 Å². The molecule has 1 amide bonds. The Morgan fingerprint density at radius 2 is 2.13 bits per heavy atom. The number of fused-ring (bicyclic) bond motifs is 1. The average molecular weight is 206 g/mol. The predicted molar refractivity (Wildman–Crippen MR) is 55.2 cm³/mol. The van der Waals surface area contributed by atoms with Gasteiger partial charge in [0, 0.05) is 6.54 Å². The van der Waals surface area contributed by atoms with Crippen molar-refractivity contribution >= 4 is 17.3 Å². The first-order valence-corrected chi connectivity index (χ1v) is 5.05. The van der Waals surface area contributed by atoms with Crippen molar-refractivity contribution in [3.8, 4) is 0 Å². The number of benzene rings is 1. The predicted octanol–water partition coefficient (Wildman–Crippen LogP) is 1.97. The number of halogens is 1. The number of carbonyl (C=O) groups excluding carboxylic acids is 1. The van der Waals surface area contributed by atoms with Crippen molar-refractivity contribution in [1.29, 1.82) is 0 Å². The highest BCUT2D eigenvalue weighted by atomic mass is 19.1. The highest BCUT2D eigenvalue weighted by molar-refractivity contribution is 6.01. The summed E-state index contributed by atoms with van der Waals surface area (Å²) in [6.45, 7) is 0.606. The van der Waals surface area contributed by atoms with Crippen LogP contribution in [-0.2, 0) is 4.79 Å². The molecule has 0 atom stereocenters. The molecule has 1 aliphatic heterocycles. The first-order chi connectivity index (χ1) is 7.21. The van der Waals surface area contributed by atoms with Gasteiger partial charge in [-0.05, 0) is 25.0 Å². The summed E-state index contributed by atoms with van der Waals surface area (Å²) in [5.74, 6) is -0.440. The second kappa shape index (κ2) is 2.72. The third kappa shape index (κ3) is 1.21. The Hall–Kier alpha value is -1.58. The Morgan fingerprint density at radius 3 is 2.87 bits per heavy atom. The lowest BCUT2D eigenvalue weighted by molar-refractivity contribution is -0.120. The van der Waals surface area contributed by atoms with Gasteiger partial charge in [0.05, 0.1) is 11.1 Å². The number of amides is 1. The van der Waals surface area contributed by atoms with Crippen LogP contribution in [0.2, 0.25) is 0 Å². The van der Waals surface area contributed by atoms with Crippen LogP contribution < -0.4 is 10.6 Å². The monoisotopic (exact) mass is 206 g/mol. The van der Waals surface area contributed by atoms with Crippen molar-refractivity contribution in [3.05, 3.63) is 24.0 Å². The normalized spacial score (nSPS) is 21.3. The summed E-state index contributed by atoms with van der Waals surface area (Å²) in [4.78, 5) is 11.8. The van der Waals surface area contributed by atoms with Crippen LogP contribution in [0.5, 0.6) is 0 Å². The SMILES string of the molecule is O=C1Nc2c(F)cccc2NCC12CC2. The largest absolute Gasteiger partial charge is 0.382 e. The lowest BCUT2D eigenvalue weighted by Gasteiger charge is -2.09. The zero-order valence-corrected chi connectivity index (χ0v) is 8.14. The molecular weight excluding hydrogens is 195 g/mol. The van der Waals surface area contributed by atoms with E-state index in [9.17, 15) is 9.18 Å². The van der Waals surface area contributed by atoms with E-state index >= 15 is 0 Å². The van der Waals surface area contributed by atoms with Gasteiger partial charge in [-0.2, -0.15) is 0 Å². The number of carbonyl (C=O) groups is 1. The van der Waals surface area contributed by atoms with Crippen molar-refractivity contribution in [2.75, 3.05) is 17.2 Å². The molecule has 1 fully saturated rings. The summed E-state index contributed by atoms with van der Waals surface area (Å²) in [6.07, 6.45) is 1.78. The second-order valence-electron chi connectivity index (χ2n) is 4.25. The van der Waals surface area contributed by atoms with Gasteiger partial charge in [0.2, 0.25) is 5.91 Å². The molecule has 2 aliphatic rings. The topological polar surface area (TPSA) is 41.1 Å². The summed E-state index contributed by atoms with van der Waals surface area (Å²) < 4.78 is 13.4. The van der Waals surface area contributed by atoms with Gasteiger partial charge in [0.1, 0.15) is 11.5 Å². The molecule has 1 saturated carbocycles. The molecular formula is C11H11FN2O. The minimum atomic E-state index is -0.383. The second-order valence-corrected chi connectivity index (χ2v) is 4.25. The van der Waals surface area contributed by atoms with Crippen LogP contribution >= 0.6 is 0 Å². The molecule has 2 N–H and O–H groups in total. The van der Waals surface area contributed by atoms with Gasteiger partial charge < -0.3 is 10.6 Å². The van der Waals surface area contributed by atoms with E-state index in [1.165, 1.54) is 6.07 Å². The maximum absolute atomic E-state index is 13.4. The molecule has 15 heavy (non-hydrogen) atoms. The van der Waals surface area contributed by atoms with Crippen molar-refractivity contribution in [1.82, 2.24) is 0 Å². The third-order valence-electron chi connectivity index (χ3n) is 3.20. The van der Waals surface area contributed by atoms with Gasteiger partial charge in [-0.25, -0.2) is 4.39 Å². The Kier molecular flexibility index (Phi) is 1.58. The molecule has 0 saturated heterocycles. The fourth-order valence-electron chi connectivity index (χ4n) is 1.94. The molecule has 1 spiro atoms. The van der Waals surface area contributed by atoms with Crippen LogP contribution in [0.3, 0.4) is 0 Å². The standard InChI is InChI=1S/C11H11FN2O/c12-7-2-1-3-8-9(7)14-10(15)11(4-5-11)6-13-8/h1-3,13H,4-6H2,(H,14,15). The van der Waals surface area contributed by atoms with E-state index in [1.807, 2.05) is 0 Å². The fourth-order valence-corrected chi connectivity index (χ4v) is 1.94. The number of nitrogens with one attached hydrogen (secondary N) is 2. The lowest BCUT2D eigenvalue weighted by Crippen LogP contribution is -2.27. The summed E-state index contributed by atoms with van der Waals surface area (Å²) in [6, 6.07) is 4.77. The molecule has 1 heterocycles. The highest BCUT2D eigenvalue weighted by Crippen LogP contribution is 2.48. The number of para-hydroxylation sites is 1. The molecule has 0 unspecified atom stereocenters. The summed E-state index contributed by atoms with van der Waals surface area (Å²) in [5.41, 5.74) is 0.671. The smallest absolute Gasteiger partial charge is 0.232 e. The zero-order valence-electron chi connectivity index (χ0n) is 8.14. The van der Waals surface area contributed by atoms with Crippen LogP contribution in [0, 0.1) is 11.2 Å². The molecule has 0 radical (unpaired) electrons. The summed E-state index contributed by atoms with van der Waals surface area (Å²) in [7, 11) is 0. The minimum Gasteiger partial charge on any atom is -0.382 e. The maximum Gasteiger partial charge on any atom is 0.232 e. The molecule has 0 bridgehead atoms. The summed E-state index contributed by atoms with van der Waals surface area (Å²) >= 11 is 0. The number of anilines is 2. The number of rotatable bonds is 0. The summed E-state index contributed by atoms with van der Waals surface area (Å²) in [5, 5.41) is 5.79.